The molecule has 0 aromatic heterocycles. The number of rotatable bonds is 4. The molecule has 19 heavy (non-hydrogen) atoms. The average molecular weight is 262 g/mol. The topological polar surface area (TPSA) is 61.6 Å². The fourth-order valence-corrected chi connectivity index (χ4v) is 2.24. The fourth-order valence-electron chi connectivity index (χ4n) is 2.24. The molecule has 1 heterocycles. The lowest BCUT2D eigenvalue weighted by Gasteiger charge is -2.26. The third kappa shape index (κ3) is 3.17. The number of fused-ring (bicyclic) bond motifs is 1. The third-order valence-electron chi connectivity index (χ3n) is 3.44. The first-order valence-electron chi connectivity index (χ1n) is 6.55. The maximum atomic E-state index is 11.4. The van der Waals surface area contributed by atoms with Crippen LogP contribution in [0.2, 0.25) is 0 Å². The van der Waals surface area contributed by atoms with Crippen molar-refractivity contribution in [1.29, 1.82) is 0 Å². The Morgan fingerprint density at radius 2 is 1.95 bits per heavy atom. The molecule has 0 fully saturated rings. The molecule has 5 nitrogen and oxygen atoms in total. The first-order valence-corrected chi connectivity index (χ1v) is 6.55. The number of hydrogen-bond donors (Lipinski definition) is 2. The highest BCUT2D eigenvalue weighted by atomic mass is 16.1. The summed E-state index contributed by atoms with van der Waals surface area (Å²) < 4.78 is 0. The summed E-state index contributed by atoms with van der Waals surface area (Å²) in [6.07, 6.45) is 1.31. The van der Waals surface area contributed by atoms with Crippen molar-refractivity contribution in [3.63, 3.8) is 0 Å². The van der Waals surface area contributed by atoms with Gasteiger partial charge in [0.1, 0.15) is 0 Å². The van der Waals surface area contributed by atoms with E-state index in [0.717, 1.165) is 42.1 Å². The van der Waals surface area contributed by atoms with Crippen LogP contribution in [-0.4, -0.2) is 45.0 Å². The van der Waals surface area contributed by atoms with Crippen LogP contribution in [0.3, 0.4) is 0 Å². The average Bonchev–Trinajstić information content (AvgIpc) is 2.35. The van der Waals surface area contributed by atoms with E-state index in [1.165, 1.54) is 0 Å². The van der Waals surface area contributed by atoms with E-state index in [1.807, 2.05) is 33.3 Å². The largest absolute Gasteiger partial charge is 0.397 e. The number of aryl methyl sites for hydroxylation is 1. The maximum absolute atomic E-state index is 11.4. The van der Waals surface area contributed by atoms with Crippen molar-refractivity contribution in [2.75, 3.05) is 50.2 Å². The van der Waals surface area contributed by atoms with Gasteiger partial charge in [0.2, 0.25) is 5.91 Å². The van der Waals surface area contributed by atoms with E-state index >= 15 is 0 Å². The Bertz CT molecular complexity index is 485. The van der Waals surface area contributed by atoms with E-state index < -0.39 is 0 Å². The summed E-state index contributed by atoms with van der Waals surface area (Å²) in [7, 11) is 6.11. The van der Waals surface area contributed by atoms with Crippen LogP contribution in [0.4, 0.5) is 17.1 Å². The zero-order valence-electron chi connectivity index (χ0n) is 11.9. The molecule has 1 amide bonds. The van der Waals surface area contributed by atoms with Crippen molar-refractivity contribution in [2.24, 2.45) is 0 Å². The molecular weight excluding hydrogens is 240 g/mol. The smallest absolute Gasteiger partial charge is 0.224 e. The van der Waals surface area contributed by atoms with E-state index in [-0.39, 0.29) is 5.91 Å². The minimum atomic E-state index is 0.0826. The standard InChI is InChI=1S/C14H22N4O/c1-17(2)6-7-18(3)13-9-12-10(8-11(13)15)4-5-14(19)16-12/h8-9H,4-7,15H2,1-3H3,(H,16,19). The zero-order chi connectivity index (χ0) is 14.0. The van der Waals surface area contributed by atoms with Crippen molar-refractivity contribution >= 4 is 23.0 Å². The number of hydrogen-bond acceptors (Lipinski definition) is 4. The van der Waals surface area contributed by atoms with Crippen molar-refractivity contribution in [3.05, 3.63) is 17.7 Å². The van der Waals surface area contributed by atoms with Crippen LogP contribution < -0.4 is 16.0 Å². The number of anilines is 3. The molecule has 0 radical (unpaired) electrons. The number of nitrogen functional groups attached to an aromatic ring is 1. The van der Waals surface area contributed by atoms with E-state index in [2.05, 4.69) is 15.1 Å². The predicted octanol–water partition coefficient (Wildman–Crippen LogP) is 1.15. The first kappa shape index (κ1) is 13.7. The Hall–Kier alpha value is -1.75. The number of carbonyl (C=O) groups is 1. The number of nitrogens with one attached hydrogen (secondary N) is 1. The molecular formula is C14H22N4O. The van der Waals surface area contributed by atoms with Crippen LogP contribution in [0.25, 0.3) is 0 Å². The lowest BCUT2D eigenvalue weighted by molar-refractivity contribution is -0.116. The van der Waals surface area contributed by atoms with Crippen molar-refractivity contribution < 1.29 is 4.79 Å². The van der Waals surface area contributed by atoms with Crippen LogP contribution in [-0.2, 0) is 11.2 Å². The maximum Gasteiger partial charge on any atom is 0.224 e. The van der Waals surface area contributed by atoms with Gasteiger partial charge in [0, 0.05) is 32.2 Å². The van der Waals surface area contributed by atoms with Gasteiger partial charge in [-0.1, -0.05) is 0 Å². The van der Waals surface area contributed by atoms with Gasteiger partial charge in [0.05, 0.1) is 11.4 Å². The Morgan fingerprint density at radius 3 is 2.63 bits per heavy atom. The summed E-state index contributed by atoms with van der Waals surface area (Å²) in [4.78, 5) is 15.7. The molecule has 0 bridgehead atoms. The first-order chi connectivity index (χ1) is 8.97. The summed E-state index contributed by atoms with van der Waals surface area (Å²) in [6, 6.07) is 3.97. The Morgan fingerprint density at radius 1 is 1.21 bits per heavy atom. The Balaban J connectivity index is 2.21. The third-order valence-corrected chi connectivity index (χ3v) is 3.44. The van der Waals surface area contributed by atoms with Crippen LogP contribution in [0.1, 0.15) is 12.0 Å². The van der Waals surface area contributed by atoms with Crippen LogP contribution in [0.5, 0.6) is 0 Å². The normalized spacial score (nSPS) is 14.2. The number of likely N-dealkylation sites (N-methyl/N-ethyl adjacent to an activating group) is 2. The van der Waals surface area contributed by atoms with Gasteiger partial charge in [-0.2, -0.15) is 0 Å². The van der Waals surface area contributed by atoms with E-state index in [4.69, 9.17) is 5.73 Å². The molecule has 1 aliphatic rings. The number of nitrogens with two attached hydrogens (primary N) is 1. The second-order valence-corrected chi connectivity index (χ2v) is 5.34. The molecule has 0 atom stereocenters. The monoisotopic (exact) mass is 262 g/mol. The van der Waals surface area contributed by atoms with Gasteiger partial charge in [-0.05, 0) is 38.2 Å². The number of nitrogens with zero attached hydrogens (tertiary/aromatic N) is 2. The van der Waals surface area contributed by atoms with Crippen molar-refractivity contribution in [2.45, 2.75) is 12.8 Å². The molecule has 1 aromatic carbocycles. The van der Waals surface area contributed by atoms with Crippen molar-refractivity contribution in [1.82, 2.24) is 4.90 Å². The van der Waals surface area contributed by atoms with Gasteiger partial charge >= 0.3 is 0 Å². The minimum Gasteiger partial charge on any atom is -0.397 e. The van der Waals surface area contributed by atoms with Gasteiger partial charge in [0.15, 0.2) is 0 Å². The minimum absolute atomic E-state index is 0.0826. The molecule has 1 aliphatic heterocycles. The highest BCUT2D eigenvalue weighted by molar-refractivity contribution is 5.95. The van der Waals surface area contributed by atoms with E-state index in [1.54, 1.807) is 0 Å². The van der Waals surface area contributed by atoms with Gasteiger partial charge in [-0.15, -0.1) is 0 Å². The number of amides is 1. The molecule has 0 aliphatic carbocycles. The lowest BCUT2D eigenvalue weighted by atomic mass is 10.0. The van der Waals surface area contributed by atoms with Gasteiger partial charge in [-0.25, -0.2) is 0 Å². The molecule has 0 spiro atoms. The molecule has 2 rings (SSSR count). The fraction of sp³-hybridized carbons (Fsp3) is 0.500. The quantitative estimate of drug-likeness (QED) is 0.799. The van der Waals surface area contributed by atoms with Gasteiger partial charge in [-0.3, -0.25) is 4.79 Å². The summed E-state index contributed by atoms with van der Waals surface area (Å²) in [6.45, 7) is 1.85. The molecule has 104 valence electrons. The number of benzene rings is 1. The van der Waals surface area contributed by atoms with Crippen LogP contribution >= 0.6 is 0 Å². The molecule has 0 unspecified atom stereocenters. The molecule has 3 N–H and O–H groups in total. The van der Waals surface area contributed by atoms with E-state index in [9.17, 15) is 4.79 Å². The SMILES string of the molecule is CN(C)CCN(C)c1cc2c(cc1N)CCC(=O)N2. The Kier molecular flexibility index (Phi) is 3.95. The summed E-state index contributed by atoms with van der Waals surface area (Å²) in [5, 5.41) is 2.92. The second kappa shape index (κ2) is 5.48. The second-order valence-electron chi connectivity index (χ2n) is 5.34. The molecule has 0 saturated carbocycles. The highest BCUT2D eigenvalue weighted by Crippen LogP contribution is 2.32. The van der Waals surface area contributed by atoms with Gasteiger partial charge in [0.25, 0.3) is 0 Å². The predicted molar refractivity (Wildman–Crippen MR) is 79.6 cm³/mol. The zero-order valence-corrected chi connectivity index (χ0v) is 11.9. The van der Waals surface area contributed by atoms with Crippen molar-refractivity contribution in [3.8, 4) is 0 Å². The highest BCUT2D eigenvalue weighted by Gasteiger charge is 2.17. The Labute approximate surface area is 114 Å². The summed E-state index contributed by atoms with van der Waals surface area (Å²) in [5.74, 6) is 0.0826. The lowest BCUT2D eigenvalue weighted by Crippen LogP contribution is -2.29. The van der Waals surface area contributed by atoms with Crippen LogP contribution in [0.15, 0.2) is 12.1 Å². The molecule has 5 heteroatoms. The summed E-state index contributed by atoms with van der Waals surface area (Å²) >= 11 is 0. The molecule has 1 aromatic rings. The molecule has 0 saturated heterocycles. The van der Waals surface area contributed by atoms with E-state index in [0.29, 0.717) is 6.42 Å². The number of carbonyl (C=O) groups excluding carboxylic acids is 1. The van der Waals surface area contributed by atoms with Gasteiger partial charge < -0.3 is 20.9 Å². The van der Waals surface area contributed by atoms with Crippen LogP contribution in [0, 0.1) is 0 Å². The summed E-state index contributed by atoms with van der Waals surface area (Å²) in [5.41, 5.74) is 9.89.